The van der Waals surface area contributed by atoms with Gasteiger partial charge in [-0.2, -0.15) is 4.98 Å². The number of hydrogen-bond acceptors (Lipinski definition) is 6. The lowest BCUT2D eigenvalue weighted by molar-refractivity contribution is -0.134. The van der Waals surface area contributed by atoms with Crippen LogP contribution in [0.25, 0.3) is 11.3 Å². The summed E-state index contributed by atoms with van der Waals surface area (Å²) in [5.41, 5.74) is 1.84. The third kappa shape index (κ3) is 4.51. The maximum atomic E-state index is 13.7. The molecule has 0 spiro atoms. The minimum atomic E-state index is -1.03. The van der Waals surface area contributed by atoms with Crippen molar-refractivity contribution in [1.82, 2.24) is 15.0 Å². The summed E-state index contributed by atoms with van der Waals surface area (Å²) in [4.78, 5) is 23.3. The van der Waals surface area contributed by atoms with Crippen molar-refractivity contribution in [1.29, 1.82) is 0 Å². The highest BCUT2D eigenvalue weighted by molar-refractivity contribution is 9.10. The van der Waals surface area contributed by atoms with Gasteiger partial charge < -0.3 is 15.7 Å². The van der Waals surface area contributed by atoms with E-state index in [2.05, 4.69) is 41.5 Å². The number of aromatic nitrogens is 3. The lowest BCUT2D eigenvalue weighted by atomic mass is 10.2. The average Bonchev–Trinajstić information content (AvgIpc) is 2.64. The number of aliphatic carboxylic acids is 1. The number of nitrogens with one attached hydrogen (secondary N) is 2. The molecule has 0 atom stereocenters. The summed E-state index contributed by atoms with van der Waals surface area (Å²) in [6.45, 7) is -0.327. The molecule has 0 saturated heterocycles. The predicted octanol–water partition coefficient (Wildman–Crippen LogP) is 3.68. The second kappa shape index (κ2) is 7.87. The molecule has 3 aromatic rings. The SMILES string of the molecule is O=C(O)CNc1nc(Nc2ccc(Br)c(F)c2)cc(-c2ccncc2)n1. The molecule has 0 bridgehead atoms. The minimum absolute atomic E-state index is 0.141. The van der Waals surface area contributed by atoms with Crippen LogP contribution in [0.15, 0.2) is 53.3 Å². The first-order chi connectivity index (χ1) is 12.5. The lowest BCUT2D eigenvalue weighted by Crippen LogP contribution is -2.15. The quantitative estimate of drug-likeness (QED) is 0.562. The summed E-state index contributed by atoms with van der Waals surface area (Å²) < 4.78 is 14.1. The summed E-state index contributed by atoms with van der Waals surface area (Å²) in [6.07, 6.45) is 3.25. The van der Waals surface area contributed by atoms with Gasteiger partial charge in [-0.25, -0.2) is 9.37 Å². The van der Waals surface area contributed by atoms with Crippen LogP contribution in [0.5, 0.6) is 0 Å². The molecule has 3 rings (SSSR count). The molecule has 0 aliphatic heterocycles. The monoisotopic (exact) mass is 417 g/mol. The van der Waals surface area contributed by atoms with Crippen molar-refractivity contribution in [3.8, 4) is 11.3 Å². The van der Waals surface area contributed by atoms with E-state index < -0.39 is 11.8 Å². The molecule has 132 valence electrons. The van der Waals surface area contributed by atoms with Gasteiger partial charge >= 0.3 is 5.97 Å². The molecular formula is C17H13BrFN5O2. The highest BCUT2D eigenvalue weighted by Crippen LogP contribution is 2.25. The Labute approximate surface area is 156 Å². The zero-order chi connectivity index (χ0) is 18.5. The Morgan fingerprint density at radius 2 is 1.92 bits per heavy atom. The van der Waals surface area contributed by atoms with Gasteiger partial charge in [0.05, 0.1) is 10.2 Å². The maximum Gasteiger partial charge on any atom is 0.322 e. The van der Waals surface area contributed by atoms with E-state index in [9.17, 15) is 9.18 Å². The number of carboxylic acids is 1. The first-order valence-corrected chi connectivity index (χ1v) is 8.28. The molecule has 3 N–H and O–H groups in total. The third-order valence-corrected chi connectivity index (χ3v) is 3.94. The number of pyridine rings is 1. The van der Waals surface area contributed by atoms with Crippen LogP contribution in [-0.4, -0.2) is 32.6 Å². The van der Waals surface area contributed by atoms with E-state index in [0.29, 0.717) is 21.7 Å². The molecule has 0 aliphatic carbocycles. The van der Waals surface area contributed by atoms with Crippen LogP contribution in [0.3, 0.4) is 0 Å². The fourth-order valence-electron chi connectivity index (χ4n) is 2.14. The van der Waals surface area contributed by atoms with Crippen molar-refractivity contribution >= 4 is 39.4 Å². The van der Waals surface area contributed by atoms with Crippen molar-refractivity contribution in [3.05, 3.63) is 59.1 Å². The van der Waals surface area contributed by atoms with Gasteiger partial charge in [0.1, 0.15) is 18.2 Å². The van der Waals surface area contributed by atoms with Crippen molar-refractivity contribution in [2.45, 2.75) is 0 Å². The van der Waals surface area contributed by atoms with Gasteiger partial charge in [0.2, 0.25) is 5.95 Å². The number of anilines is 3. The summed E-state index contributed by atoms with van der Waals surface area (Å²) in [5, 5.41) is 14.5. The molecule has 2 aromatic heterocycles. The largest absolute Gasteiger partial charge is 0.480 e. The number of benzene rings is 1. The molecule has 0 saturated carbocycles. The molecular weight excluding hydrogens is 405 g/mol. The number of halogens is 2. The summed E-state index contributed by atoms with van der Waals surface area (Å²) in [6, 6.07) is 9.81. The molecule has 2 heterocycles. The standard InChI is InChI=1S/C17H13BrFN5O2/c18-12-2-1-11(7-13(12)19)22-15-8-14(10-3-5-20-6-4-10)23-17(24-15)21-9-16(25)26/h1-8H,9H2,(H,25,26)(H2,21,22,23,24). The Morgan fingerprint density at radius 3 is 2.62 bits per heavy atom. The van der Waals surface area contributed by atoms with Crippen LogP contribution in [0.2, 0.25) is 0 Å². The van der Waals surface area contributed by atoms with Crippen molar-refractivity contribution < 1.29 is 14.3 Å². The first-order valence-electron chi connectivity index (χ1n) is 7.48. The van der Waals surface area contributed by atoms with Crippen molar-refractivity contribution in [3.63, 3.8) is 0 Å². The normalized spacial score (nSPS) is 10.4. The Morgan fingerprint density at radius 1 is 1.15 bits per heavy atom. The van der Waals surface area contributed by atoms with E-state index in [0.717, 1.165) is 5.56 Å². The van der Waals surface area contributed by atoms with E-state index in [1.807, 2.05) is 0 Å². The van der Waals surface area contributed by atoms with E-state index in [-0.39, 0.29) is 12.5 Å². The molecule has 0 radical (unpaired) electrons. The number of carboxylic acid groups (broad SMARTS) is 1. The fourth-order valence-corrected chi connectivity index (χ4v) is 2.38. The van der Waals surface area contributed by atoms with Gasteiger partial charge in [-0.3, -0.25) is 9.78 Å². The maximum absolute atomic E-state index is 13.7. The number of rotatable bonds is 6. The summed E-state index contributed by atoms with van der Waals surface area (Å²) >= 11 is 3.10. The first kappa shape index (κ1) is 17.7. The van der Waals surface area contributed by atoms with E-state index >= 15 is 0 Å². The molecule has 0 aliphatic rings. The van der Waals surface area contributed by atoms with E-state index in [4.69, 9.17) is 5.11 Å². The number of carbonyl (C=O) groups is 1. The lowest BCUT2D eigenvalue weighted by Gasteiger charge is -2.11. The zero-order valence-corrected chi connectivity index (χ0v) is 14.9. The summed E-state index contributed by atoms with van der Waals surface area (Å²) in [5.74, 6) is -0.918. The third-order valence-electron chi connectivity index (χ3n) is 3.29. The van der Waals surface area contributed by atoms with Gasteiger partial charge in [0.15, 0.2) is 0 Å². The Balaban J connectivity index is 1.95. The van der Waals surface area contributed by atoms with E-state index in [1.165, 1.54) is 6.07 Å². The second-order valence-corrected chi connectivity index (χ2v) is 6.05. The van der Waals surface area contributed by atoms with Gasteiger partial charge in [-0.1, -0.05) is 0 Å². The van der Waals surface area contributed by atoms with Crippen LogP contribution < -0.4 is 10.6 Å². The molecule has 0 fully saturated rings. The van der Waals surface area contributed by atoms with Crippen LogP contribution >= 0.6 is 15.9 Å². The van der Waals surface area contributed by atoms with Gasteiger partial charge in [0.25, 0.3) is 0 Å². The highest BCUT2D eigenvalue weighted by Gasteiger charge is 2.09. The van der Waals surface area contributed by atoms with Gasteiger partial charge in [-0.15, -0.1) is 0 Å². The zero-order valence-electron chi connectivity index (χ0n) is 13.3. The van der Waals surface area contributed by atoms with E-state index in [1.54, 1.807) is 42.7 Å². The van der Waals surface area contributed by atoms with Crippen LogP contribution in [0, 0.1) is 5.82 Å². The Kier molecular flexibility index (Phi) is 5.37. The second-order valence-electron chi connectivity index (χ2n) is 5.20. The van der Waals surface area contributed by atoms with Crippen LogP contribution in [-0.2, 0) is 4.79 Å². The van der Waals surface area contributed by atoms with Gasteiger partial charge in [0, 0.05) is 29.7 Å². The number of nitrogens with zero attached hydrogens (tertiary/aromatic N) is 3. The predicted molar refractivity (Wildman–Crippen MR) is 98.8 cm³/mol. The van der Waals surface area contributed by atoms with Crippen LogP contribution in [0.4, 0.5) is 21.8 Å². The molecule has 0 amide bonds. The van der Waals surface area contributed by atoms with Gasteiger partial charge in [-0.05, 0) is 46.3 Å². The minimum Gasteiger partial charge on any atom is -0.480 e. The van der Waals surface area contributed by atoms with Crippen molar-refractivity contribution in [2.75, 3.05) is 17.2 Å². The molecule has 26 heavy (non-hydrogen) atoms. The Bertz CT molecular complexity index is 940. The highest BCUT2D eigenvalue weighted by atomic mass is 79.9. The smallest absolute Gasteiger partial charge is 0.322 e. The molecule has 0 unspecified atom stereocenters. The molecule has 1 aromatic carbocycles. The average molecular weight is 418 g/mol. The van der Waals surface area contributed by atoms with Crippen molar-refractivity contribution in [2.24, 2.45) is 0 Å². The summed E-state index contributed by atoms with van der Waals surface area (Å²) in [7, 11) is 0. The molecule has 9 heteroatoms. The molecule has 7 nitrogen and oxygen atoms in total. The van der Waals surface area contributed by atoms with Crippen LogP contribution in [0.1, 0.15) is 0 Å². The number of hydrogen-bond donors (Lipinski definition) is 3. The fraction of sp³-hybridized carbons (Fsp3) is 0.0588. The topological polar surface area (TPSA) is 100 Å². The Hall–Kier alpha value is -3.07.